The van der Waals surface area contributed by atoms with Crippen LogP contribution in [0.1, 0.15) is 21.0 Å². The van der Waals surface area contributed by atoms with E-state index in [2.05, 4.69) is 15.3 Å². The van der Waals surface area contributed by atoms with Gasteiger partial charge < -0.3 is 10.4 Å². The first-order valence-corrected chi connectivity index (χ1v) is 9.42. The number of nitrogens with one attached hydrogen (secondary N) is 1. The summed E-state index contributed by atoms with van der Waals surface area (Å²) in [6.45, 7) is 0. The number of thiophene rings is 1. The van der Waals surface area contributed by atoms with Crippen molar-refractivity contribution in [1.82, 2.24) is 9.97 Å². The van der Waals surface area contributed by atoms with Crippen molar-refractivity contribution in [2.24, 2.45) is 0 Å². The lowest BCUT2D eigenvalue weighted by Crippen LogP contribution is -2.17. The van der Waals surface area contributed by atoms with E-state index in [4.69, 9.17) is 11.6 Å². The van der Waals surface area contributed by atoms with Crippen LogP contribution >= 0.6 is 22.9 Å². The molecule has 138 valence electrons. The Morgan fingerprint density at radius 2 is 1.82 bits per heavy atom. The Kier molecular flexibility index (Phi) is 4.77. The molecule has 0 atom stereocenters. The minimum atomic E-state index is -1.14. The highest BCUT2D eigenvalue weighted by atomic mass is 35.5. The Balaban J connectivity index is 1.68. The maximum absolute atomic E-state index is 12.6. The average molecular weight is 410 g/mol. The van der Waals surface area contributed by atoms with Crippen molar-refractivity contribution < 1.29 is 14.7 Å². The number of para-hydroxylation sites is 1. The number of nitrogens with zero attached hydrogens (tertiary/aromatic N) is 2. The van der Waals surface area contributed by atoms with Crippen molar-refractivity contribution in [1.29, 1.82) is 0 Å². The number of hydrogen-bond acceptors (Lipinski definition) is 5. The number of fused-ring (bicyclic) bond motifs is 1. The number of aromatic carboxylic acids is 1. The number of hydrogen-bond donors (Lipinski definition) is 2. The van der Waals surface area contributed by atoms with E-state index in [9.17, 15) is 14.7 Å². The average Bonchev–Trinajstić information content (AvgIpc) is 3.12. The van der Waals surface area contributed by atoms with Crippen LogP contribution in [-0.4, -0.2) is 27.0 Å². The number of anilines is 1. The molecule has 0 saturated heterocycles. The molecule has 2 aromatic carbocycles. The molecule has 28 heavy (non-hydrogen) atoms. The van der Waals surface area contributed by atoms with Gasteiger partial charge in [-0.05, 0) is 23.8 Å². The summed E-state index contributed by atoms with van der Waals surface area (Å²) in [5, 5.41) is 15.2. The van der Waals surface area contributed by atoms with E-state index in [0.29, 0.717) is 21.0 Å². The molecule has 4 aromatic rings. The largest absolute Gasteiger partial charge is 0.478 e. The van der Waals surface area contributed by atoms with Gasteiger partial charge in [-0.1, -0.05) is 41.9 Å². The fourth-order valence-corrected chi connectivity index (χ4v) is 3.86. The highest BCUT2D eigenvalue weighted by Crippen LogP contribution is 2.36. The zero-order valence-electron chi connectivity index (χ0n) is 14.2. The van der Waals surface area contributed by atoms with E-state index in [1.165, 1.54) is 11.3 Å². The van der Waals surface area contributed by atoms with Gasteiger partial charge in [0.25, 0.3) is 5.91 Å². The summed E-state index contributed by atoms with van der Waals surface area (Å²) in [5.41, 5.74) is 1.55. The van der Waals surface area contributed by atoms with Crippen LogP contribution in [0.3, 0.4) is 0 Å². The Labute approximate surface area is 168 Å². The van der Waals surface area contributed by atoms with Gasteiger partial charge in [0.1, 0.15) is 5.56 Å². The number of rotatable bonds is 4. The zero-order valence-corrected chi connectivity index (χ0v) is 15.8. The molecule has 0 unspecified atom stereocenters. The first kappa shape index (κ1) is 18.1. The third-order valence-electron chi connectivity index (χ3n) is 4.05. The van der Waals surface area contributed by atoms with Crippen molar-refractivity contribution in [3.05, 3.63) is 76.5 Å². The highest BCUT2D eigenvalue weighted by Gasteiger charge is 2.22. The minimum absolute atomic E-state index is 0.0152. The predicted octanol–water partition coefficient (Wildman–Crippen LogP) is 4.96. The normalized spacial score (nSPS) is 10.8. The van der Waals surface area contributed by atoms with Gasteiger partial charge in [0.15, 0.2) is 0 Å². The Bertz CT molecular complexity index is 1210. The van der Waals surface area contributed by atoms with E-state index in [0.717, 1.165) is 5.39 Å². The summed E-state index contributed by atoms with van der Waals surface area (Å²) in [6.07, 6.45) is 1.56. The Hall–Kier alpha value is -3.29. The van der Waals surface area contributed by atoms with Gasteiger partial charge in [-0.25, -0.2) is 14.8 Å². The van der Waals surface area contributed by atoms with E-state index in [-0.39, 0.29) is 17.1 Å². The molecule has 0 radical (unpaired) electrons. The number of aromatic nitrogens is 2. The number of carbonyl (C=O) groups is 2. The highest BCUT2D eigenvalue weighted by molar-refractivity contribution is 7.14. The van der Waals surface area contributed by atoms with Crippen LogP contribution in [0.25, 0.3) is 21.3 Å². The van der Waals surface area contributed by atoms with Crippen molar-refractivity contribution in [2.45, 2.75) is 0 Å². The second-order valence-electron chi connectivity index (χ2n) is 5.87. The fourth-order valence-electron chi connectivity index (χ4n) is 2.74. The molecular weight excluding hydrogens is 398 g/mol. The zero-order chi connectivity index (χ0) is 19.7. The molecule has 4 rings (SSSR count). The van der Waals surface area contributed by atoms with Gasteiger partial charge in [-0.2, -0.15) is 0 Å². The van der Waals surface area contributed by atoms with Gasteiger partial charge in [-0.3, -0.25) is 4.79 Å². The molecule has 6 nitrogen and oxygen atoms in total. The number of carbonyl (C=O) groups excluding carboxylic acids is 1. The smallest absolute Gasteiger partial charge is 0.339 e. The van der Waals surface area contributed by atoms with Crippen LogP contribution < -0.4 is 5.32 Å². The van der Waals surface area contributed by atoms with Crippen LogP contribution in [0.15, 0.2) is 60.1 Å². The van der Waals surface area contributed by atoms with Gasteiger partial charge in [-0.15, -0.1) is 11.3 Å². The summed E-state index contributed by atoms with van der Waals surface area (Å²) < 4.78 is 0. The first-order chi connectivity index (χ1) is 13.5. The van der Waals surface area contributed by atoms with Crippen molar-refractivity contribution in [2.75, 3.05) is 5.32 Å². The van der Waals surface area contributed by atoms with Crippen LogP contribution in [0.5, 0.6) is 0 Å². The molecule has 0 spiro atoms. The molecule has 0 aliphatic rings. The predicted molar refractivity (Wildman–Crippen MR) is 109 cm³/mol. The number of benzene rings is 2. The van der Waals surface area contributed by atoms with Crippen molar-refractivity contribution >= 4 is 51.4 Å². The molecule has 0 aliphatic heterocycles. The maximum atomic E-state index is 12.6. The molecule has 2 N–H and O–H groups in total. The molecule has 0 bridgehead atoms. The summed E-state index contributed by atoms with van der Waals surface area (Å²) in [7, 11) is 0. The third kappa shape index (κ3) is 3.45. The molecule has 2 heterocycles. The van der Waals surface area contributed by atoms with Crippen LogP contribution in [-0.2, 0) is 0 Å². The van der Waals surface area contributed by atoms with E-state index in [1.807, 2.05) is 18.2 Å². The fraction of sp³-hybridized carbons (Fsp3) is 0. The second kappa shape index (κ2) is 7.38. The van der Waals surface area contributed by atoms with Crippen molar-refractivity contribution in [3.8, 4) is 10.4 Å². The Morgan fingerprint density at radius 3 is 2.57 bits per heavy atom. The number of amides is 1. The van der Waals surface area contributed by atoms with E-state index in [1.54, 1.807) is 41.9 Å². The van der Waals surface area contributed by atoms with Gasteiger partial charge in [0, 0.05) is 22.0 Å². The first-order valence-electron chi connectivity index (χ1n) is 8.17. The standard InChI is InChI=1S/C20H12ClN3O3S/c21-13-7-5-11(6-8-13)17-16(20(26)27)15(10-28-17)24-19(25)18-22-9-12-3-1-2-4-14(12)23-18/h1-10H,(H,24,25)(H,26,27). The van der Waals surface area contributed by atoms with Crippen LogP contribution in [0, 0.1) is 0 Å². The lowest BCUT2D eigenvalue weighted by Gasteiger charge is -2.06. The molecule has 0 saturated carbocycles. The third-order valence-corrected chi connectivity index (χ3v) is 5.33. The molecule has 1 amide bonds. The molecule has 2 aromatic heterocycles. The topological polar surface area (TPSA) is 92.2 Å². The summed E-state index contributed by atoms with van der Waals surface area (Å²) in [5.74, 6) is -1.75. The van der Waals surface area contributed by atoms with Gasteiger partial charge >= 0.3 is 5.97 Å². The van der Waals surface area contributed by atoms with Gasteiger partial charge in [0.2, 0.25) is 5.82 Å². The van der Waals surface area contributed by atoms with E-state index < -0.39 is 11.9 Å². The molecule has 8 heteroatoms. The minimum Gasteiger partial charge on any atom is -0.478 e. The molecule has 0 fully saturated rings. The monoisotopic (exact) mass is 409 g/mol. The second-order valence-corrected chi connectivity index (χ2v) is 7.19. The Morgan fingerprint density at radius 1 is 1.07 bits per heavy atom. The molecule has 0 aliphatic carbocycles. The summed E-state index contributed by atoms with van der Waals surface area (Å²) in [4.78, 5) is 33.3. The lowest BCUT2D eigenvalue weighted by atomic mass is 10.1. The molecular formula is C20H12ClN3O3S. The number of carboxylic acids is 1. The van der Waals surface area contributed by atoms with Gasteiger partial charge in [0.05, 0.1) is 16.1 Å². The summed E-state index contributed by atoms with van der Waals surface area (Å²) in [6, 6.07) is 14.1. The quantitative estimate of drug-likeness (QED) is 0.496. The lowest BCUT2D eigenvalue weighted by molar-refractivity contribution is 0.0699. The van der Waals surface area contributed by atoms with Crippen LogP contribution in [0.2, 0.25) is 5.02 Å². The van der Waals surface area contributed by atoms with E-state index >= 15 is 0 Å². The number of carboxylic acid groups (broad SMARTS) is 1. The summed E-state index contributed by atoms with van der Waals surface area (Å²) >= 11 is 7.12. The SMILES string of the molecule is O=C(Nc1csc(-c2ccc(Cl)cc2)c1C(=O)O)c1ncc2ccccc2n1. The van der Waals surface area contributed by atoms with Crippen molar-refractivity contribution in [3.63, 3.8) is 0 Å². The number of halogens is 1. The maximum Gasteiger partial charge on any atom is 0.339 e. The van der Waals surface area contributed by atoms with Crippen LogP contribution in [0.4, 0.5) is 5.69 Å².